The Kier molecular flexibility index (Phi) is 3.58. The number of benzene rings is 2. The summed E-state index contributed by atoms with van der Waals surface area (Å²) in [4.78, 5) is 17.9. The molecule has 1 fully saturated rings. The molecule has 4 rings (SSSR count). The van der Waals surface area contributed by atoms with Gasteiger partial charge in [-0.05, 0) is 42.3 Å². The van der Waals surface area contributed by atoms with E-state index in [9.17, 15) is 4.79 Å². The quantitative estimate of drug-likeness (QED) is 0.742. The van der Waals surface area contributed by atoms with Crippen molar-refractivity contribution in [2.45, 2.75) is 12.3 Å². The first-order chi connectivity index (χ1) is 11.2. The molecule has 1 atom stereocenters. The van der Waals surface area contributed by atoms with E-state index in [2.05, 4.69) is 29.4 Å². The predicted molar refractivity (Wildman–Crippen MR) is 93.0 cm³/mol. The van der Waals surface area contributed by atoms with Gasteiger partial charge in [-0.3, -0.25) is 4.79 Å². The SMILES string of the molecule is O=C(c1ccc(Cl)cc1)N1CCC(c2c[nH]c3ccccc23)C1. The molecule has 0 spiro atoms. The fourth-order valence-corrected chi connectivity index (χ4v) is 3.53. The molecular formula is C19H17ClN2O. The van der Waals surface area contributed by atoms with Crippen LogP contribution in [0.1, 0.15) is 28.3 Å². The number of hydrogen-bond acceptors (Lipinski definition) is 1. The van der Waals surface area contributed by atoms with Crippen LogP contribution in [-0.2, 0) is 0 Å². The molecule has 23 heavy (non-hydrogen) atoms. The van der Waals surface area contributed by atoms with Crippen LogP contribution in [0.15, 0.2) is 54.7 Å². The van der Waals surface area contributed by atoms with E-state index in [4.69, 9.17) is 11.6 Å². The maximum Gasteiger partial charge on any atom is 0.253 e. The normalized spacial score (nSPS) is 17.8. The molecule has 0 bridgehead atoms. The van der Waals surface area contributed by atoms with E-state index in [1.807, 2.05) is 11.0 Å². The second kappa shape index (κ2) is 5.74. The zero-order valence-corrected chi connectivity index (χ0v) is 13.4. The summed E-state index contributed by atoms with van der Waals surface area (Å²) in [6.07, 6.45) is 3.09. The van der Waals surface area contributed by atoms with Gasteiger partial charge in [0.2, 0.25) is 0 Å². The van der Waals surface area contributed by atoms with E-state index in [0.29, 0.717) is 16.5 Å². The number of fused-ring (bicyclic) bond motifs is 1. The fourth-order valence-electron chi connectivity index (χ4n) is 3.41. The summed E-state index contributed by atoms with van der Waals surface area (Å²) < 4.78 is 0. The van der Waals surface area contributed by atoms with Gasteiger partial charge in [-0.25, -0.2) is 0 Å². The summed E-state index contributed by atoms with van der Waals surface area (Å²) in [5.41, 5.74) is 3.17. The van der Waals surface area contributed by atoms with Crippen LogP contribution < -0.4 is 0 Å². The van der Waals surface area contributed by atoms with Crippen molar-refractivity contribution in [1.82, 2.24) is 9.88 Å². The van der Waals surface area contributed by atoms with Crippen LogP contribution in [0.4, 0.5) is 0 Å². The predicted octanol–water partition coefficient (Wildman–Crippen LogP) is 4.45. The lowest BCUT2D eigenvalue weighted by atomic mass is 9.98. The van der Waals surface area contributed by atoms with Crippen molar-refractivity contribution < 1.29 is 4.79 Å². The molecule has 116 valence electrons. The van der Waals surface area contributed by atoms with Gasteiger partial charge < -0.3 is 9.88 Å². The molecular weight excluding hydrogens is 308 g/mol. The molecule has 2 heterocycles. The Bertz CT molecular complexity index is 853. The summed E-state index contributed by atoms with van der Waals surface area (Å²) in [7, 11) is 0. The highest BCUT2D eigenvalue weighted by atomic mass is 35.5. The number of carbonyl (C=O) groups is 1. The molecule has 1 aromatic heterocycles. The first kappa shape index (κ1) is 14.3. The lowest BCUT2D eigenvalue weighted by Gasteiger charge is -2.16. The first-order valence-electron chi connectivity index (χ1n) is 7.83. The van der Waals surface area contributed by atoms with Crippen molar-refractivity contribution in [2.75, 3.05) is 13.1 Å². The first-order valence-corrected chi connectivity index (χ1v) is 8.21. The van der Waals surface area contributed by atoms with Crippen molar-refractivity contribution >= 4 is 28.4 Å². The second-order valence-corrected chi connectivity index (χ2v) is 6.47. The molecule has 0 radical (unpaired) electrons. The van der Waals surface area contributed by atoms with Gasteiger partial charge in [0.05, 0.1) is 0 Å². The van der Waals surface area contributed by atoms with Crippen molar-refractivity contribution in [3.63, 3.8) is 0 Å². The van der Waals surface area contributed by atoms with Gasteiger partial charge >= 0.3 is 0 Å². The Morgan fingerprint density at radius 2 is 1.91 bits per heavy atom. The smallest absolute Gasteiger partial charge is 0.253 e. The molecule has 3 aromatic rings. The number of aromatic amines is 1. The number of halogens is 1. The Labute approximate surface area is 139 Å². The molecule has 1 aliphatic heterocycles. The highest BCUT2D eigenvalue weighted by Gasteiger charge is 2.29. The van der Waals surface area contributed by atoms with Crippen molar-refractivity contribution in [3.05, 3.63) is 70.9 Å². The largest absolute Gasteiger partial charge is 0.361 e. The topological polar surface area (TPSA) is 36.1 Å². The zero-order chi connectivity index (χ0) is 15.8. The standard InChI is InChI=1S/C19H17ClN2O/c20-15-7-5-13(6-8-15)19(23)22-10-9-14(12-22)17-11-21-18-4-2-1-3-16(17)18/h1-8,11,14,21H,9-10,12H2. The zero-order valence-electron chi connectivity index (χ0n) is 12.6. The molecule has 1 amide bonds. The molecule has 1 saturated heterocycles. The van der Waals surface area contributed by atoms with Gasteiger partial charge in [0.25, 0.3) is 5.91 Å². The van der Waals surface area contributed by atoms with E-state index in [-0.39, 0.29) is 5.91 Å². The van der Waals surface area contributed by atoms with Gasteiger partial charge in [0.1, 0.15) is 0 Å². The molecule has 0 aliphatic carbocycles. The summed E-state index contributed by atoms with van der Waals surface area (Å²) in [5.74, 6) is 0.478. The molecule has 1 unspecified atom stereocenters. The number of amides is 1. The van der Waals surface area contributed by atoms with Gasteiger partial charge in [-0.2, -0.15) is 0 Å². The minimum Gasteiger partial charge on any atom is -0.361 e. The molecule has 3 nitrogen and oxygen atoms in total. The van der Waals surface area contributed by atoms with Gasteiger partial charge in [0, 0.05) is 46.7 Å². The molecule has 1 aliphatic rings. The Hall–Kier alpha value is -2.26. The fraction of sp³-hybridized carbons (Fsp3) is 0.211. The Balaban J connectivity index is 1.55. The van der Waals surface area contributed by atoms with Crippen LogP contribution >= 0.6 is 11.6 Å². The molecule has 2 aromatic carbocycles. The average Bonchev–Trinajstić information content (AvgIpc) is 3.21. The lowest BCUT2D eigenvalue weighted by molar-refractivity contribution is 0.0791. The number of nitrogens with zero attached hydrogens (tertiary/aromatic N) is 1. The third kappa shape index (κ3) is 2.62. The number of rotatable bonds is 2. The number of hydrogen-bond donors (Lipinski definition) is 1. The number of para-hydroxylation sites is 1. The highest BCUT2D eigenvalue weighted by Crippen LogP contribution is 2.33. The van der Waals surface area contributed by atoms with Gasteiger partial charge in [0.15, 0.2) is 0 Å². The minimum absolute atomic E-state index is 0.0870. The molecule has 1 N–H and O–H groups in total. The summed E-state index contributed by atoms with van der Waals surface area (Å²) in [6, 6.07) is 15.4. The van der Waals surface area contributed by atoms with Crippen molar-refractivity contribution in [2.24, 2.45) is 0 Å². The average molecular weight is 325 g/mol. The van der Waals surface area contributed by atoms with Crippen LogP contribution in [0.3, 0.4) is 0 Å². The number of aromatic nitrogens is 1. The van der Waals surface area contributed by atoms with E-state index < -0.39 is 0 Å². The van der Waals surface area contributed by atoms with Crippen LogP contribution in [0.2, 0.25) is 5.02 Å². The van der Waals surface area contributed by atoms with Crippen molar-refractivity contribution in [1.29, 1.82) is 0 Å². The van der Waals surface area contributed by atoms with Crippen LogP contribution in [0.5, 0.6) is 0 Å². The number of H-pyrrole nitrogens is 1. The Morgan fingerprint density at radius 3 is 2.74 bits per heavy atom. The number of carbonyl (C=O) groups excluding carboxylic acids is 1. The summed E-state index contributed by atoms with van der Waals surface area (Å²) in [5, 5.41) is 1.91. The highest BCUT2D eigenvalue weighted by molar-refractivity contribution is 6.30. The maximum absolute atomic E-state index is 12.6. The summed E-state index contributed by atoms with van der Waals surface area (Å²) in [6.45, 7) is 1.56. The van der Waals surface area contributed by atoms with E-state index in [0.717, 1.165) is 25.0 Å². The second-order valence-electron chi connectivity index (χ2n) is 6.03. The summed E-state index contributed by atoms with van der Waals surface area (Å²) >= 11 is 5.89. The van der Waals surface area contributed by atoms with Crippen LogP contribution in [-0.4, -0.2) is 28.9 Å². The maximum atomic E-state index is 12.6. The Morgan fingerprint density at radius 1 is 1.13 bits per heavy atom. The minimum atomic E-state index is 0.0870. The third-order valence-electron chi connectivity index (χ3n) is 4.63. The van der Waals surface area contributed by atoms with Crippen LogP contribution in [0.25, 0.3) is 10.9 Å². The lowest BCUT2D eigenvalue weighted by Crippen LogP contribution is -2.28. The third-order valence-corrected chi connectivity index (χ3v) is 4.88. The number of nitrogens with one attached hydrogen (secondary N) is 1. The number of likely N-dealkylation sites (tertiary alicyclic amines) is 1. The van der Waals surface area contributed by atoms with Crippen molar-refractivity contribution in [3.8, 4) is 0 Å². The van der Waals surface area contributed by atoms with E-state index in [1.54, 1.807) is 24.3 Å². The van der Waals surface area contributed by atoms with Gasteiger partial charge in [-0.1, -0.05) is 29.8 Å². The molecule has 0 saturated carbocycles. The molecule has 4 heteroatoms. The van der Waals surface area contributed by atoms with Crippen LogP contribution in [0, 0.1) is 0 Å². The monoisotopic (exact) mass is 324 g/mol. The van der Waals surface area contributed by atoms with E-state index >= 15 is 0 Å². The van der Waals surface area contributed by atoms with E-state index in [1.165, 1.54) is 10.9 Å². The van der Waals surface area contributed by atoms with Gasteiger partial charge in [-0.15, -0.1) is 0 Å².